The van der Waals surface area contributed by atoms with Gasteiger partial charge in [0.05, 0.1) is 12.1 Å². The Hall–Kier alpha value is -3.39. The number of aromatic carboxylic acids is 1. The smallest absolute Gasteiger partial charge is 0.335 e. The molecule has 0 fully saturated rings. The lowest BCUT2D eigenvalue weighted by atomic mass is 10.1. The molecule has 8 heteroatoms. The van der Waals surface area contributed by atoms with Gasteiger partial charge in [0.25, 0.3) is 5.91 Å². The number of imidazole rings is 1. The Kier molecular flexibility index (Phi) is 4.13. The molecule has 0 aliphatic carbocycles. The predicted molar refractivity (Wildman–Crippen MR) is 86.0 cm³/mol. The first kappa shape index (κ1) is 15.5. The molecule has 2 heterocycles. The van der Waals surface area contributed by atoms with Gasteiger partial charge in [0.2, 0.25) is 0 Å². The zero-order valence-corrected chi connectivity index (χ0v) is 12.4. The van der Waals surface area contributed by atoms with Crippen molar-refractivity contribution in [3.63, 3.8) is 0 Å². The quantitative estimate of drug-likeness (QED) is 0.418. The molecular weight excluding hydrogens is 312 g/mol. The van der Waals surface area contributed by atoms with Crippen LogP contribution in [-0.4, -0.2) is 38.1 Å². The Morgan fingerprint density at radius 1 is 1.12 bits per heavy atom. The number of amides is 1. The van der Waals surface area contributed by atoms with E-state index >= 15 is 0 Å². The number of nitrogens with one attached hydrogen (secondary N) is 2. The summed E-state index contributed by atoms with van der Waals surface area (Å²) in [5, 5.41) is 20.6. The Labute approximate surface area is 136 Å². The van der Waals surface area contributed by atoms with E-state index in [2.05, 4.69) is 10.3 Å². The lowest BCUT2D eigenvalue weighted by Crippen LogP contribution is -2.27. The molecule has 1 aromatic carbocycles. The number of aromatic nitrogens is 2. The molecule has 3 rings (SSSR count). The molecule has 0 aliphatic heterocycles. The fraction of sp³-hybridized carbons (Fsp3) is 0.0625. The molecule has 0 spiro atoms. The van der Waals surface area contributed by atoms with Gasteiger partial charge >= 0.3 is 5.97 Å². The van der Waals surface area contributed by atoms with E-state index in [-0.39, 0.29) is 12.1 Å². The van der Waals surface area contributed by atoms with E-state index in [1.54, 1.807) is 28.2 Å². The standard InChI is InChI=1S/C16H14N4O4/c21-13(19-24)9-17-15-14(18-12-3-1-2-8-20(12)15)10-4-6-11(7-5-10)16(22)23/h1-8,17,24H,9H2,(H,19,21)(H,22,23). The highest BCUT2D eigenvalue weighted by Crippen LogP contribution is 2.28. The minimum atomic E-state index is -1.01. The van der Waals surface area contributed by atoms with Crippen molar-refractivity contribution < 1.29 is 19.9 Å². The average Bonchev–Trinajstić information content (AvgIpc) is 2.98. The molecule has 0 bridgehead atoms. The molecule has 24 heavy (non-hydrogen) atoms. The minimum Gasteiger partial charge on any atom is -0.478 e. The van der Waals surface area contributed by atoms with Crippen LogP contribution < -0.4 is 10.8 Å². The largest absolute Gasteiger partial charge is 0.478 e. The number of anilines is 1. The van der Waals surface area contributed by atoms with Crippen molar-refractivity contribution in [2.45, 2.75) is 0 Å². The number of carboxylic acid groups (broad SMARTS) is 1. The van der Waals surface area contributed by atoms with E-state index in [0.29, 0.717) is 22.7 Å². The lowest BCUT2D eigenvalue weighted by Gasteiger charge is -2.08. The zero-order chi connectivity index (χ0) is 17.1. The van der Waals surface area contributed by atoms with Gasteiger partial charge in [-0.3, -0.25) is 14.4 Å². The molecule has 0 saturated heterocycles. The Bertz CT molecular complexity index is 902. The molecular formula is C16H14N4O4. The molecule has 0 saturated carbocycles. The molecule has 0 unspecified atom stereocenters. The van der Waals surface area contributed by atoms with Crippen LogP contribution in [0.3, 0.4) is 0 Å². The van der Waals surface area contributed by atoms with Gasteiger partial charge in [0.15, 0.2) is 0 Å². The molecule has 0 radical (unpaired) electrons. The maximum atomic E-state index is 11.3. The topological polar surface area (TPSA) is 116 Å². The summed E-state index contributed by atoms with van der Waals surface area (Å²) < 4.78 is 1.77. The lowest BCUT2D eigenvalue weighted by molar-refractivity contribution is -0.127. The molecule has 0 aliphatic rings. The van der Waals surface area contributed by atoms with Crippen molar-refractivity contribution in [2.24, 2.45) is 0 Å². The number of hydroxylamine groups is 1. The van der Waals surface area contributed by atoms with E-state index in [9.17, 15) is 9.59 Å². The molecule has 4 N–H and O–H groups in total. The summed E-state index contributed by atoms with van der Waals surface area (Å²) in [6.45, 7) is -0.139. The van der Waals surface area contributed by atoms with E-state index in [1.807, 2.05) is 18.2 Å². The van der Waals surface area contributed by atoms with Crippen molar-refractivity contribution in [1.82, 2.24) is 14.9 Å². The third kappa shape index (κ3) is 2.90. The third-order valence-corrected chi connectivity index (χ3v) is 3.48. The van der Waals surface area contributed by atoms with Crippen molar-refractivity contribution in [2.75, 3.05) is 11.9 Å². The predicted octanol–water partition coefficient (Wildman–Crippen LogP) is 1.62. The van der Waals surface area contributed by atoms with Gasteiger partial charge in [0.1, 0.15) is 17.2 Å². The van der Waals surface area contributed by atoms with Crippen molar-refractivity contribution in [1.29, 1.82) is 0 Å². The summed E-state index contributed by atoms with van der Waals surface area (Å²) in [6.07, 6.45) is 1.79. The fourth-order valence-electron chi connectivity index (χ4n) is 2.34. The van der Waals surface area contributed by atoms with Gasteiger partial charge in [0, 0.05) is 11.8 Å². The minimum absolute atomic E-state index is 0.139. The summed E-state index contributed by atoms with van der Waals surface area (Å²) in [7, 11) is 0. The zero-order valence-electron chi connectivity index (χ0n) is 12.4. The first-order valence-electron chi connectivity index (χ1n) is 7.08. The van der Waals surface area contributed by atoms with Crippen molar-refractivity contribution in [3.05, 3.63) is 54.2 Å². The molecule has 0 atom stereocenters. The second-order valence-electron chi connectivity index (χ2n) is 5.01. The summed E-state index contributed by atoms with van der Waals surface area (Å²) in [5.74, 6) is -1.03. The van der Waals surface area contributed by atoms with Gasteiger partial charge in [-0.1, -0.05) is 18.2 Å². The first-order valence-corrected chi connectivity index (χ1v) is 7.08. The van der Waals surface area contributed by atoms with Gasteiger partial charge in [-0.25, -0.2) is 15.3 Å². The number of rotatable bonds is 5. The van der Waals surface area contributed by atoms with Crippen LogP contribution in [0.25, 0.3) is 16.9 Å². The van der Waals surface area contributed by atoms with Crippen molar-refractivity contribution in [3.8, 4) is 11.3 Å². The van der Waals surface area contributed by atoms with E-state index < -0.39 is 11.9 Å². The molecule has 2 aromatic heterocycles. The number of nitrogens with zero attached hydrogens (tertiary/aromatic N) is 2. The number of hydrogen-bond acceptors (Lipinski definition) is 5. The Morgan fingerprint density at radius 3 is 2.54 bits per heavy atom. The van der Waals surface area contributed by atoms with Crippen LogP contribution in [0.1, 0.15) is 10.4 Å². The summed E-state index contributed by atoms with van der Waals surface area (Å²) in [4.78, 5) is 26.8. The van der Waals surface area contributed by atoms with E-state index in [4.69, 9.17) is 10.3 Å². The maximum absolute atomic E-state index is 11.3. The third-order valence-electron chi connectivity index (χ3n) is 3.48. The highest BCUT2D eigenvalue weighted by atomic mass is 16.5. The summed E-state index contributed by atoms with van der Waals surface area (Å²) in [6, 6.07) is 11.8. The van der Waals surface area contributed by atoms with Gasteiger partial charge < -0.3 is 10.4 Å². The number of pyridine rings is 1. The first-order chi connectivity index (χ1) is 11.6. The monoisotopic (exact) mass is 326 g/mol. The number of carbonyl (C=O) groups excluding carboxylic acids is 1. The maximum Gasteiger partial charge on any atom is 0.335 e. The van der Waals surface area contributed by atoms with Crippen LogP contribution in [0, 0.1) is 0 Å². The second-order valence-corrected chi connectivity index (χ2v) is 5.01. The van der Waals surface area contributed by atoms with Gasteiger partial charge in [-0.15, -0.1) is 0 Å². The average molecular weight is 326 g/mol. The second kappa shape index (κ2) is 6.39. The molecule has 122 valence electrons. The van der Waals surface area contributed by atoms with Crippen LogP contribution >= 0.6 is 0 Å². The molecule has 8 nitrogen and oxygen atoms in total. The summed E-state index contributed by atoms with van der Waals surface area (Å²) in [5.41, 5.74) is 3.68. The number of carbonyl (C=O) groups is 2. The van der Waals surface area contributed by atoms with Crippen LogP contribution in [0.2, 0.25) is 0 Å². The highest BCUT2D eigenvalue weighted by molar-refractivity contribution is 5.89. The van der Waals surface area contributed by atoms with Crippen LogP contribution in [0.5, 0.6) is 0 Å². The Balaban J connectivity index is 2.05. The molecule has 1 amide bonds. The summed E-state index contributed by atoms with van der Waals surface area (Å²) >= 11 is 0. The number of benzene rings is 1. The van der Waals surface area contributed by atoms with Crippen LogP contribution in [0.15, 0.2) is 48.7 Å². The number of hydrogen-bond donors (Lipinski definition) is 4. The number of carboxylic acids is 1. The van der Waals surface area contributed by atoms with Crippen molar-refractivity contribution >= 4 is 23.3 Å². The van der Waals surface area contributed by atoms with E-state index in [0.717, 1.165) is 0 Å². The van der Waals surface area contributed by atoms with Crippen LogP contribution in [-0.2, 0) is 4.79 Å². The molecule has 3 aromatic rings. The van der Waals surface area contributed by atoms with Crippen LogP contribution in [0.4, 0.5) is 5.82 Å². The normalized spacial score (nSPS) is 10.5. The van der Waals surface area contributed by atoms with E-state index in [1.165, 1.54) is 12.1 Å². The van der Waals surface area contributed by atoms with Gasteiger partial charge in [-0.2, -0.15) is 0 Å². The van der Waals surface area contributed by atoms with Gasteiger partial charge in [-0.05, 0) is 24.3 Å². The number of fused-ring (bicyclic) bond motifs is 1. The SMILES string of the molecule is O=C(CNc1c(-c2ccc(C(=O)O)cc2)nc2ccccn12)NO. The highest BCUT2D eigenvalue weighted by Gasteiger charge is 2.15. The Morgan fingerprint density at radius 2 is 1.88 bits per heavy atom. The fourth-order valence-corrected chi connectivity index (χ4v) is 2.34.